The van der Waals surface area contributed by atoms with Crippen LogP contribution in [0, 0.1) is 5.92 Å². The molecular weight excluding hydrogens is 302 g/mol. The van der Waals surface area contributed by atoms with Crippen LogP contribution in [0.5, 0.6) is 0 Å². The summed E-state index contributed by atoms with van der Waals surface area (Å²) in [5.74, 6) is 0.192. The van der Waals surface area contributed by atoms with Crippen molar-refractivity contribution in [3.8, 4) is 0 Å². The smallest absolute Gasteiger partial charge is 0.256 e. The van der Waals surface area contributed by atoms with Gasteiger partial charge in [0.05, 0.1) is 12.1 Å². The van der Waals surface area contributed by atoms with Gasteiger partial charge in [-0.3, -0.25) is 4.79 Å². The van der Waals surface area contributed by atoms with Crippen molar-refractivity contribution in [1.29, 1.82) is 0 Å². The summed E-state index contributed by atoms with van der Waals surface area (Å²) < 4.78 is 0. The first-order valence-corrected chi connectivity index (χ1v) is 9.63. The van der Waals surface area contributed by atoms with Crippen molar-refractivity contribution in [3.63, 3.8) is 0 Å². The summed E-state index contributed by atoms with van der Waals surface area (Å²) in [4.78, 5) is 13.4. The van der Waals surface area contributed by atoms with Crippen LogP contribution in [-0.4, -0.2) is 40.7 Å². The minimum atomic E-state index is -0.996. The molecule has 2 rings (SSSR count). The van der Waals surface area contributed by atoms with Gasteiger partial charge in [0.15, 0.2) is 0 Å². The molecule has 2 N–H and O–H groups in total. The lowest BCUT2D eigenvalue weighted by Gasteiger charge is -2.15. The number of rotatable bonds is 3. The van der Waals surface area contributed by atoms with E-state index in [4.69, 9.17) is 0 Å². The SMILES string of the molecule is CN1CC(O)=C(C(O)C=CC2CCCCCCCCCCC2)C1=O. The number of likely N-dealkylation sites (N-methyl/N-ethyl adjacent to an activating group) is 1. The van der Waals surface area contributed by atoms with Gasteiger partial charge in [-0.05, 0) is 18.8 Å². The van der Waals surface area contributed by atoms with E-state index >= 15 is 0 Å². The lowest BCUT2D eigenvalue weighted by molar-refractivity contribution is -0.125. The highest BCUT2D eigenvalue weighted by Crippen LogP contribution is 2.24. The van der Waals surface area contributed by atoms with Gasteiger partial charge in [0, 0.05) is 7.05 Å². The van der Waals surface area contributed by atoms with E-state index in [0.29, 0.717) is 5.92 Å². The van der Waals surface area contributed by atoms with E-state index in [9.17, 15) is 15.0 Å². The molecule has 0 bridgehead atoms. The molecule has 0 aromatic rings. The van der Waals surface area contributed by atoms with Gasteiger partial charge in [0.1, 0.15) is 11.9 Å². The van der Waals surface area contributed by atoms with Crippen molar-refractivity contribution in [1.82, 2.24) is 4.90 Å². The van der Waals surface area contributed by atoms with Gasteiger partial charge >= 0.3 is 0 Å². The first kappa shape index (κ1) is 19.0. The second kappa shape index (κ2) is 9.87. The zero-order valence-electron chi connectivity index (χ0n) is 15.0. The maximum atomic E-state index is 12.0. The van der Waals surface area contributed by atoms with E-state index in [1.807, 2.05) is 0 Å². The second-order valence-electron chi connectivity index (χ2n) is 7.37. The molecule has 1 amide bonds. The monoisotopic (exact) mass is 335 g/mol. The molecule has 0 aromatic carbocycles. The molecule has 1 unspecified atom stereocenters. The molecule has 4 nitrogen and oxygen atoms in total. The standard InChI is InChI=1S/C20H33NO3/c1-21-15-18(23)19(20(21)24)17(22)14-13-16-11-9-7-5-3-2-4-6-8-10-12-16/h13-14,16-17,22-23H,2-12,15H2,1H3. The fourth-order valence-corrected chi connectivity index (χ4v) is 3.75. The van der Waals surface area contributed by atoms with Crippen molar-refractivity contribution in [3.05, 3.63) is 23.5 Å². The van der Waals surface area contributed by atoms with Crippen molar-refractivity contribution < 1.29 is 15.0 Å². The van der Waals surface area contributed by atoms with Crippen LogP contribution in [0.1, 0.15) is 70.6 Å². The molecule has 1 aliphatic heterocycles. The molecule has 24 heavy (non-hydrogen) atoms. The predicted octanol–water partition coefficient (Wildman–Crippen LogP) is 4.11. The lowest BCUT2D eigenvalue weighted by Crippen LogP contribution is -2.25. The number of aliphatic hydroxyl groups excluding tert-OH is 2. The van der Waals surface area contributed by atoms with Crippen LogP contribution < -0.4 is 0 Å². The van der Waals surface area contributed by atoms with Crippen molar-refractivity contribution >= 4 is 5.91 Å². The zero-order chi connectivity index (χ0) is 17.4. The van der Waals surface area contributed by atoms with Crippen LogP contribution in [0.4, 0.5) is 0 Å². The number of amides is 1. The van der Waals surface area contributed by atoms with Crippen LogP contribution >= 0.6 is 0 Å². The topological polar surface area (TPSA) is 60.8 Å². The summed E-state index contributed by atoms with van der Waals surface area (Å²) in [6, 6.07) is 0. The Balaban J connectivity index is 1.91. The van der Waals surface area contributed by atoms with E-state index < -0.39 is 6.10 Å². The second-order valence-corrected chi connectivity index (χ2v) is 7.37. The molecule has 0 aromatic heterocycles. The molecule has 0 saturated heterocycles. The molecule has 1 aliphatic carbocycles. The maximum Gasteiger partial charge on any atom is 0.256 e. The Hall–Kier alpha value is -1.29. The van der Waals surface area contributed by atoms with Gasteiger partial charge in [0.2, 0.25) is 0 Å². The summed E-state index contributed by atoms with van der Waals surface area (Å²) in [7, 11) is 1.63. The Kier molecular flexibility index (Phi) is 7.83. The number of nitrogens with zero attached hydrogens (tertiary/aromatic N) is 1. The number of aliphatic hydroxyl groups is 2. The molecule has 1 saturated carbocycles. The molecule has 0 spiro atoms. The molecule has 2 aliphatic rings. The largest absolute Gasteiger partial charge is 0.510 e. The van der Waals surface area contributed by atoms with Gasteiger partial charge < -0.3 is 15.1 Å². The predicted molar refractivity (Wildman–Crippen MR) is 96.7 cm³/mol. The Morgan fingerprint density at radius 3 is 1.96 bits per heavy atom. The normalized spacial score (nSPS) is 24.2. The van der Waals surface area contributed by atoms with Gasteiger partial charge in [-0.2, -0.15) is 0 Å². The van der Waals surface area contributed by atoms with Crippen LogP contribution in [0.15, 0.2) is 23.5 Å². The highest BCUT2D eigenvalue weighted by atomic mass is 16.3. The zero-order valence-corrected chi connectivity index (χ0v) is 15.0. The third-order valence-electron chi connectivity index (χ3n) is 5.29. The molecule has 1 fully saturated rings. The third kappa shape index (κ3) is 5.66. The highest BCUT2D eigenvalue weighted by molar-refractivity contribution is 5.97. The summed E-state index contributed by atoms with van der Waals surface area (Å²) >= 11 is 0. The van der Waals surface area contributed by atoms with Crippen LogP contribution in [0.25, 0.3) is 0 Å². The molecule has 1 heterocycles. The number of carbonyl (C=O) groups excluding carboxylic acids is 1. The fraction of sp³-hybridized carbons (Fsp3) is 0.750. The average molecular weight is 335 g/mol. The Bertz CT molecular complexity index is 458. The first-order valence-electron chi connectivity index (χ1n) is 9.63. The molecule has 136 valence electrons. The van der Waals surface area contributed by atoms with E-state index in [0.717, 1.165) is 12.8 Å². The number of allylic oxidation sites excluding steroid dienone is 1. The minimum absolute atomic E-state index is 0.00154. The summed E-state index contributed by atoms with van der Waals surface area (Å²) in [6.45, 7) is 0.197. The quantitative estimate of drug-likeness (QED) is 0.763. The van der Waals surface area contributed by atoms with Gasteiger partial charge in [-0.25, -0.2) is 0 Å². The summed E-state index contributed by atoms with van der Waals surface area (Å²) in [5.41, 5.74) is 0.141. The summed E-state index contributed by atoms with van der Waals surface area (Å²) in [6.07, 6.45) is 16.9. The summed E-state index contributed by atoms with van der Waals surface area (Å²) in [5, 5.41) is 20.2. The average Bonchev–Trinajstić information content (AvgIpc) is 2.79. The van der Waals surface area contributed by atoms with Gasteiger partial charge in [0.25, 0.3) is 5.91 Å². The minimum Gasteiger partial charge on any atom is -0.510 e. The van der Waals surface area contributed by atoms with Crippen molar-refractivity contribution in [2.24, 2.45) is 5.92 Å². The first-order chi connectivity index (χ1) is 11.6. The molecule has 1 atom stereocenters. The number of carbonyl (C=O) groups is 1. The Morgan fingerprint density at radius 1 is 1.00 bits per heavy atom. The molecule has 0 radical (unpaired) electrons. The lowest BCUT2D eigenvalue weighted by atomic mass is 9.92. The fourth-order valence-electron chi connectivity index (χ4n) is 3.75. The van der Waals surface area contributed by atoms with E-state index in [2.05, 4.69) is 6.08 Å². The van der Waals surface area contributed by atoms with Crippen LogP contribution in [0.2, 0.25) is 0 Å². The molecular formula is C20H33NO3. The van der Waals surface area contributed by atoms with Crippen LogP contribution in [-0.2, 0) is 4.79 Å². The van der Waals surface area contributed by atoms with Crippen molar-refractivity contribution in [2.45, 2.75) is 76.7 Å². The molecule has 4 heteroatoms. The van der Waals surface area contributed by atoms with Gasteiger partial charge in [-0.1, -0.05) is 69.9 Å². The van der Waals surface area contributed by atoms with E-state index in [1.54, 1.807) is 13.1 Å². The number of hydrogen-bond acceptors (Lipinski definition) is 3. The van der Waals surface area contributed by atoms with Gasteiger partial charge in [-0.15, -0.1) is 0 Å². The maximum absolute atomic E-state index is 12.0. The Morgan fingerprint density at radius 2 is 1.50 bits per heavy atom. The van der Waals surface area contributed by atoms with E-state index in [-0.39, 0.29) is 23.8 Å². The Labute approximate surface area is 146 Å². The highest BCUT2D eigenvalue weighted by Gasteiger charge is 2.31. The number of hydrogen-bond donors (Lipinski definition) is 2. The van der Waals surface area contributed by atoms with Crippen LogP contribution in [0.3, 0.4) is 0 Å². The third-order valence-corrected chi connectivity index (χ3v) is 5.29. The van der Waals surface area contributed by atoms with Crippen molar-refractivity contribution in [2.75, 3.05) is 13.6 Å². The van der Waals surface area contributed by atoms with E-state index in [1.165, 1.54) is 62.7 Å².